The van der Waals surface area contributed by atoms with Crippen LogP contribution in [0.4, 0.5) is 5.69 Å². The van der Waals surface area contributed by atoms with Gasteiger partial charge in [-0.15, -0.1) is 0 Å². The van der Waals surface area contributed by atoms with Crippen molar-refractivity contribution >= 4 is 21.6 Å². The largest absolute Gasteiger partial charge is 0.378 e. The third-order valence-electron chi connectivity index (χ3n) is 3.74. The predicted molar refractivity (Wildman–Crippen MR) is 87.4 cm³/mol. The zero-order valence-electron chi connectivity index (χ0n) is 12.2. The minimum atomic E-state index is 0.323. The maximum absolute atomic E-state index is 5.63. The molecule has 1 aliphatic rings. The van der Waals surface area contributed by atoms with Crippen LogP contribution in [0.15, 0.2) is 35.1 Å². The van der Waals surface area contributed by atoms with E-state index >= 15 is 0 Å². The molecule has 1 aromatic carbocycles. The minimum absolute atomic E-state index is 0.323. The Hall–Kier alpha value is -1.33. The van der Waals surface area contributed by atoms with Crippen LogP contribution in [0, 0.1) is 6.92 Å². The number of rotatable bonds is 5. The second-order valence-corrected chi connectivity index (χ2v) is 6.39. The van der Waals surface area contributed by atoms with Crippen molar-refractivity contribution in [2.24, 2.45) is 0 Å². The van der Waals surface area contributed by atoms with E-state index in [9.17, 15) is 0 Å². The monoisotopic (exact) mass is 349 g/mol. The number of anilines is 1. The molecule has 0 amide bonds. The third kappa shape index (κ3) is 3.86. The predicted octanol–water partition coefficient (Wildman–Crippen LogP) is 3.75. The van der Waals surface area contributed by atoms with E-state index in [1.54, 1.807) is 0 Å². The Morgan fingerprint density at radius 3 is 3.14 bits per heavy atom. The van der Waals surface area contributed by atoms with Gasteiger partial charge in [-0.2, -0.15) is 5.10 Å². The first kappa shape index (κ1) is 14.6. The molecule has 5 heteroatoms. The Bertz CT molecular complexity index is 605. The van der Waals surface area contributed by atoms with Gasteiger partial charge in [-0.05, 0) is 37.0 Å². The van der Waals surface area contributed by atoms with Gasteiger partial charge < -0.3 is 10.1 Å². The average molecular weight is 350 g/mol. The summed E-state index contributed by atoms with van der Waals surface area (Å²) >= 11 is 3.61. The van der Waals surface area contributed by atoms with E-state index in [1.165, 1.54) is 17.5 Å². The number of nitrogens with zero attached hydrogens (tertiary/aromatic N) is 2. The van der Waals surface area contributed by atoms with Gasteiger partial charge in [0.2, 0.25) is 0 Å². The molecule has 1 N–H and O–H groups in total. The van der Waals surface area contributed by atoms with Crippen LogP contribution >= 0.6 is 15.9 Å². The van der Waals surface area contributed by atoms with Gasteiger partial charge in [-0.3, -0.25) is 4.68 Å². The van der Waals surface area contributed by atoms with Crippen LogP contribution in [0.3, 0.4) is 0 Å². The number of ether oxygens (including phenoxy) is 1. The zero-order chi connectivity index (χ0) is 14.7. The number of halogens is 1. The Morgan fingerprint density at radius 1 is 1.48 bits per heavy atom. The van der Waals surface area contributed by atoms with Gasteiger partial charge in [-0.1, -0.05) is 28.1 Å². The normalized spacial score (nSPS) is 18.1. The summed E-state index contributed by atoms with van der Waals surface area (Å²) in [5, 5.41) is 7.80. The molecule has 1 saturated heterocycles. The highest BCUT2D eigenvalue weighted by molar-refractivity contribution is 9.10. The first-order valence-electron chi connectivity index (χ1n) is 7.33. The second kappa shape index (κ2) is 6.62. The molecule has 3 rings (SSSR count). The molecule has 1 unspecified atom stereocenters. The number of hydrogen-bond donors (Lipinski definition) is 1. The van der Waals surface area contributed by atoms with Crippen molar-refractivity contribution in [3.8, 4) is 0 Å². The number of aryl methyl sites for hydroxylation is 1. The van der Waals surface area contributed by atoms with Crippen LogP contribution in [-0.2, 0) is 17.8 Å². The van der Waals surface area contributed by atoms with Crippen LogP contribution in [0.25, 0.3) is 0 Å². The third-order valence-corrected chi connectivity index (χ3v) is 4.48. The maximum atomic E-state index is 5.63. The molecule has 0 aliphatic carbocycles. The SMILES string of the molecule is Cc1ccc(CNc2cnn(CC3CCCO3)c2)c(Br)c1. The summed E-state index contributed by atoms with van der Waals surface area (Å²) in [5.41, 5.74) is 3.54. The standard InChI is InChI=1S/C16H20BrN3O/c1-12-4-5-13(16(17)7-12)8-18-14-9-19-20(10-14)11-15-3-2-6-21-15/h4-5,7,9-10,15,18H,2-3,6,8,11H2,1H3. The molecule has 0 bridgehead atoms. The molecule has 112 valence electrons. The van der Waals surface area contributed by atoms with Gasteiger partial charge >= 0.3 is 0 Å². The van der Waals surface area contributed by atoms with Crippen molar-refractivity contribution in [2.75, 3.05) is 11.9 Å². The first-order chi connectivity index (χ1) is 10.2. The lowest BCUT2D eigenvalue weighted by Gasteiger charge is -2.09. The summed E-state index contributed by atoms with van der Waals surface area (Å²) in [4.78, 5) is 0. The molecule has 0 spiro atoms. The minimum Gasteiger partial charge on any atom is -0.378 e. The lowest BCUT2D eigenvalue weighted by molar-refractivity contribution is 0.0940. The van der Waals surface area contributed by atoms with E-state index in [4.69, 9.17) is 4.74 Å². The summed E-state index contributed by atoms with van der Waals surface area (Å²) in [7, 11) is 0. The van der Waals surface area contributed by atoms with Crippen molar-refractivity contribution < 1.29 is 4.74 Å². The summed E-state index contributed by atoms with van der Waals surface area (Å²) in [6.45, 7) is 4.61. The van der Waals surface area contributed by atoms with Crippen LogP contribution in [0.5, 0.6) is 0 Å². The van der Waals surface area contributed by atoms with Crippen LogP contribution in [0.2, 0.25) is 0 Å². The fourth-order valence-electron chi connectivity index (χ4n) is 2.54. The second-order valence-electron chi connectivity index (χ2n) is 5.53. The van der Waals surface area contributed by atoms with Crippen molar-refractivity contribution in [1.29, 1.82) is 0 Å². The molecule has 1 atom stereocenters. The molecule has 1 aliphatic heterocycles. The van der Waals surface area contributed by atoms with Gasteiger partial charge in [0.1, 0.15) is 0 Å². The van der Waals surface area contributed by atoms with E-state index in [-0.39, 0.29) is 0 Å². The van der Waals surface area contributed by atoms with E-state index < -0.39 is 0 Å². The molecular weight excluding hydrogens is 330 g/mol. The van der Waals surface area contributed by atoms with E-state index in [0.29, 0.717) is 6.10 Å². The molecule has 0 radical (unpaired) electrons. The highest BCUT2D eigenvalue weighted by atomic mass is 79.9. The van der Waals surface area contributed by atoms with Gasteiger partial charge in [-0.25, -0.2) is 0 Å². The molecule has 2 aromatic rings. The van der Waals surface area contributed by atoms with Crippen LogP contribution in [-0.4, -0.2) is 22.5 Å². The lowest BCUT2D eigenvalue weighted by Crippen LogP contribution is -2.15. The van der Waals surface area contributed by atoms with Gasteiger partial charge in [0, 0.05) is 23.8 Å². The molecule has 1 aromatic heterocycles. The summed E-state index contributed by atoms with van der Waals surface area (Å²) in [6.07, 6.45) is 6.54. The first-order valence-corrected chi connectivity index (χ1v) is 8.13. The maximum Gasteiger partial charge on any atom is 0.0771 e. The van der Waals surface area contributed by atoms with Crippen molar-refractivity contribution in [3.05, 3.63) is 46.2 Å². The highest BCUT2D eigenvalue weighted by Gasteiger charge is 2.16. The highest BCUT2D eigenvalue weighted by Crippen LogP contribution is 2.20. The molecule has 2 heterocycles. The number of aromatic nitrogens is 2. The summed E-state index contributed by atoms with van der Waals surface area (Å²) < 4.78 is 8.74. The van der Waals surface area contributed by atoms with Crippen molar-refractivity contribution in [2.45, 2.75) is 39.0 Å². The topological polar surface area (TPSA) is 39.1 Å². The van der Waals surface area contributed by atoms with Gasteiger partial charge in [0.25, 0.3) is 0 Å². The number of nitrogens with one attached hydrogen (secondary N) is 1. The lowest BCUT2D eigenvalue weighted by atomic mass is 10.1. The molecule has 21 heavy (non-hydrogen) atoms. The smallest absolute Gasteiger partial charge is 0.0771 e. The summed E-state index contributed by atoms with van der Waals surface area (Å²) in [6, 6.07) is 6.41. The van der Waals surface area contributed by atoms with Crippen LogP contribution in [0.1, 0.15) is 24.0 Å². The Balaban J connectivity index is 1.56. The average Bonchev–Trinajstić information content (AvgIpc) is 3.10. The van der Waals surface area contributed by atoms with E-state index in [1.807, 2.05) is 17.1 Å². The molecule has 4 nitrogen and oxygen atoms in total. The van der Waals surface area contributed by atoms with Crippen molar-refractivity contribution in [1.82, 2.24) is 9.78 Å². The molecule has 1 fully saturated rings. The number of benzene rings is 1. The Kier molecular flexibility index (Phi) is 4.60. The van der Waals surface area contributed by atoms with Gasteiger partial charge in [0.15, 0.2) is 0 Å². The summed E-state index contributed by atoms with van der Waals surface area (Å²) in [5.74, 6) is 0. The van der Waals surface area contributed by atoms with Crippen LogP contribution < -0.4 is 5.32 Å². The van der Waals surface area contributed by atoms with E-state index in [2.05, 4.69) is 51.5 Å². The van der Waals surface area contributed by atoms with Crippen molar-refractivity contribution in [3.63, 3.8) is 0 Å². The molecule has 0 saturated carbocycles. The van der Waals surface area contributed by atoms with E-state index in [0.717, 1.165) is 36.3 Å². The Morgan fingerprint density at radius 2 is 2.38 bits per heavy atom. The number of hydrogen-bond acceptors (Lipinski definition) is 3. The van der Waals surface area contributed by atoms with Gasteiger partial charge in [0.05, 0.1) is 24.5 Å². The fourth-order valence-corrected chi connectivity index (χ4v) is 3.18. The Labute approximate surface area is 133 Å². The quantitative estimate of drug-likeness (QED) is 0.893. The zero-order valence-corrected chi connectivity index (χ0v) is 13.8. The fraction of sp³-hybridized carbons (Fsp3) is 0.438. The molecular formula is C16H20BrN3O.